The fourth-order valence-corrected chi connectivity index (χ4v) is 2.99. The Balaban J connectivity index is 1.87. The molecule has 2 rings (SSSR count). The molecule has 0 saturated heterocycles. The molecule has 1 aromatic rings. The SMILES string of the molecule is CC1CC(C)CC(Oc2cnc(CNC(C)(C)C)cn2)C1. The van der Waals surface area contributed by atoms with Gasteiger partial charge in [-0.2, -0.15) is 0 Å². The molecule has 1 saturated carbocycles. The summed E-state index contributed by atoms with van der Waals surface area (Å²) in [4.78, 5) is 8.83. The van der Waals surface area contributed by atoms with Crippen molar-refractivity contribution in [3.63, 3.8) is 0 Å². The molecule has 0 amide bonds. The number of nitrogens with zero attached hydrogens (tertiary/aromatic N) is 2. The Morgan fingerprint density at radius 2 is 1.76 bits per heavy atom. The molecule has 21 heavy (non-hydrogen) atoms. The molecule has 1 fully saturated rings. The minimum Gasteiger partial charge on any atom is -0.473 e. The summed E-state index contributed by atoms with van der Waals surface area (Å²) in [6.45, 7) is 11.8. The zero-order valence-corrected chi connectivity index (χ0v) is 14.0. The van der Waals surface area contributed by atoms with Crippen LogP contribution in [0, 0.1) is 11.8 Å². The van der Waals surface area contributed by atoms with Crippen molar-refractivity contribution in [1.29, 1.82) is 0 Å². The Morgan fingerprint density at radius 3 is 2.29 bits per heavy atom. The summed E-state index contributed by atoms with van der Waals surface area (Å²) in [7, 11) is 0. The Hall–Kier alpha value is -1.16. The third-order valence-electron chi connectivity index (χ3n) is 3.90. The molecule has 1 aromatic heterocycles. The summed E-state index contributed by atoms with van der Waals surface area (Å²) in [5.41, 5.74) is 1.04. The average Bonchev–Trinajstić information content (AvgIpc) is 2.36. The molecule has 0 aromatic carbocycles. The predicted octanol–water partition coefficient (Wildman–Crippen LogP) is 3.57. The van der Waals surface area contributed by atoms with Gasteiger partial charge in [0.2, 0.25) is 5.88 Å². The Bertz CT molecular complexity index is 428. The minimum absolute atomic E-state index is 0.0885. The van der Waals surface area contributed by atoms with Crippen molar-refractivity contribution in [2.24, 2.45) is 11.8 Å². The molecule has 4 heteroatoms. The second-order valence-corrected chi connectivity index (χ2v) is 7.61. The van der Waals surface area contributed by atoms with Gasteiger partial charge in [-0.1, -0.05) is 13.8 Å². The zero-order valence-electron chi connectivity index (χ0n) is 14.0. The molecular weight excluding hydrogens is 262 g/mol. The average molecular weight is 291 g/mol. The van der Waals surface area contributed by atoms with Gasteiger partial charge in [-0.3, -0.25) is 4.98 Å². The van der Waals surface area contributed by atoms with Crippen molar-refractivity contribution in [2.75, 3.05) is 0 Å². The molecule has 1 heterocycles. The summed E-state index contributed by atoms with van der Waals surface area (Å²) in [6, 6.07) is 0. The van der Waals surface area contributed by atoms with Crippen molar-refractivity contribution in [3.05, 3.63) is 18.1 Å². The van der Waals surface area contributed by atoms with Gasteiger partial charge in [0.1, 0.15) is 6.10 Å². The van der Waals surface area contributed by atoms with E-state index in [1.807, 2.05) is 6.20 Å². The largest absolute Gasteiger partial charge is 0.473 e. The van der Waals surface area contributed by atoms with E-state index in [0.29, 0.717) is 5.88 Å². The van der Waals surface area contributed by atoms with Gasteiger partial charge in [-0.25, -0.2) is 4.98 Å². The number of ether oxygens (including phenoxy) is 1. The van der Waals surface area contributed by atoms with Gasteiger partial charge < -0.3 is 10.1 Å². The Morgan fingerprint density at radius 1 is 1.10 bits per heavy atom. The topological polar surface area (TPSA) is 47.0 Å². The predicted molar refractivity (Wildman–Crippen MR) is 85.2 cm³/mol. The lowest BCUT2D eigenvalue weighted by Crippen LogP contribution is -2.35. The lowest BCUT2D eigenvalue weighted by Gasteiger charge is -2.31. The monoisotopic (exact) mass is 291 g/mol. The van der Waals surface area contributed by atoms with Crippen molar-refractivity contribution in [3.8, 4) is 5.88 Å². The summed E-state index contributed by atoms with van der Waals surface area (Å²) >= 11 is 0. The first-order chi connectivity index (χ1) is 9.82. The maximum absolute atomic E-state index is 6.00. The number of hydrogen-bond acceptors (Lipinski definition) is 4. The first kappa shape index (κ1) is 16.2. The van der Waals surface area contributed by atoms with E-state index >= 15 is 0 Å². The maximum Gasteiger partial charge on any atom is 0.232 e. The Kier molecular flexibility index (Phi) is 5.20. The van der Waals surface area contributed by atoms with Gasteiger partial charge in [0.05, 0.1) is 18.1 Å². The van der Waals surface area contributed by atoms with E-state index in [9.17, 15) is 0 Å². The van der Waals surface area contributed by atoms with E-state index in [2.05, 4.69) is 49.9 Å². The van der Waals surface area contributed by atoms with Crippen LogP contribution in [0.1, 0.15) is 59.6 Å². The van der Waals surface area contributed by atoms with Gasteiger partial charge >= 0.3 is 0 Å². The van der Waals surface area contributed by atoms with Crippen LogP contribution in [-0.2, 0) is 6.54 Å². The summed E-state index contributed by atoms with van der Waals surface area (Å²) in [5.74, 6) is 2.13. The molecule has 2 atom stereocenters. The number of hydrogen-bond donors (Lipinski definition) is 1. The highest BCUT2D eigenvalue weighted by atomic mass is 16.5. The van der Waals surface area contributed by atoms with E-state index < -0.39 is 0 Å². The van der Waals surface area contributed by atoms with E-state index in [-0.39, 0.29) is 11.6 Å². The van der Waals surface area contributed by atoms with Crippen LogP contribution in [0.5, 0.6) is 5.88 Å². The van der Waals surface area contributed by atoms with Crippen LogP contribution in [0.25, 0.3) is 0 Å². The first-order valence-corrected chi connectivity index (χ1v) is 8.04. The number of rotatable bonds is 4. The minimum atomic E-state index is 0.0885. The molecule has 1 aliphatic carbocycles. The molecule has 0 bridgehead atoms. The van der Waals surface area contributed by atoms with Crippen molar-refractivity contribution in [1.82, 2.24) is 15.3 Å². The lowest BCUT2D eigenvalue weighted by atomic mass is 9.82. The van der Waals surface area contributed by atoms with Crippen molar-refractivity contribution >= 4 is 0 Å². The highest BCUT2D eigenvalue weighted by Crippen LogP contribution is 2.30. The van der Waals surface area contributed by atoms with Gasteiger partial charge in [0.15, 0.2) is 0 Å². The quantitative estimate of drug-likeness (QED) is 0.921. The standard InChI is InChI=1S/C17H29N3O/c1-12-6-13(2)8-15(7-12)21-16-11-18-14(9-19-16)10-20-17(3,4)5/h9,11-13,15,20H,6-8,10H2,1-5H3. The van der Waals surface area contributed by atoms with Crippen LogP contribution in [0.3, 0.4) is 0 Å². The third-order valence-corrected chi connectivity index (χ3v) is 3.90. The molecule has 1 aliphatic rings. The maximum atomic E-state index is 6.00. The van der Waals surface area contributed by atoms with Crippen molar-refractivity contribution in [2.45, 2.75) is 72.1 Å². The van der Waals surface area contributed by atoms with Gasteiger partial charge in [0, 0.05) is 12.1 Å². The van der Waals surface area contributed by atoms with Crippen LogP contribution in [0.4, 0.5) is 0 Å². The lowest BCUT2D eigenvalue weighted by molar-refractivity contribution is 0.0962. The number of aromatic nitrogens is 2. The molecule has 0 radical (unpaired) electrons. The first-order valence-electron chi connectivity index (χ1n) is 8.04. The van der Waals surface area contributed by atoms with Crippen LogP contribution < -0.4 is 10.1 Å². The highest BCUT2D eigenvalue weighted by Gasteiger charge is 2.25. The molecule has 2 unspecified atom stereocenters. The van der Waals surface area contributed by atoms with E-state index in [0.717, 1.165) is 36.9 Å². The second kappa shape index (κ2) is 6.73. The summed E-state index contributed by atoms with van der Waals surface area (Å²) in [5, 5.41) is 3.41. The van der Waals surface area contributed by atoms with Crippen LogP contribution in [0.2, 0.25) is 0 Å². The van der Waals surface area contributed by atoms with Gasteiger partial charge in [-0.05, 0) is 51.9 Å². The zero-order chi connectivity index (χ0) is 15.5. The van der Waals surface area contributed by atoms with E-state index in [1.54, 1.807) is 6.20 Å². The summed E-state index contributed by atoms with van der Waals surface area (Å²) in [6.07, 6.45) is 7.41. The molecule has 1 N–H and O–H groups in total. The van der Waals surface area contributed by atoms with Gasteiger partial charge in [-0.15, -0.1) is 0 Å². The van der Waals surface area contributed by atoms with Crippen molar-refractivity contribution < 1.29 is 4.74 Å². The highest BCUT2D eigenvalue weighted by molar-refractivity contribution is 5.08. The van der Waals surface area contributed by atoms with E-state index in [4.69, 9.17) is 4.74 Å². The normalized spacial score (nSPS) is 26.6. The molecule has 0 spiro atoms. The molecule has 0 aliphatic heterocycles. The number of nitrogens with one attached hydrogen (secondary N) is 1. The van der Waals surface area contributed by atoms with Crippen LogP contribution >= 0.6 is 0 Å². The van der Waals surface area contributed by atoms with E-state index in [1.165, 1.54) is 6.42 Å². The molecular formula is C17H29N3O. The Labute approximate surface area is 128 Å². The second-order valence-electron chi connectivity index (χ2n) is 7.61. The summed E-state index contributed by atoms with van der Waals surface area (Å²) < 4.78 is 6.00. The smallest absolute Gasteiger partial charge is 0.232 e. The third kappa shape index (κ3) is 5.62. The fourth-order valence-electron chi connectivity index (χ4n) is 2.99. The molecule has 4 nitrogen and oxygen atoms in total. The van der Waals surface area contributed by atoms with Crippen LogP contribution in [-0.4, -0.2) is 21.6 Å². The fraction of sp³-hybridized carbons (Fsp3) is 0.765. The molecule has 118 valence electrons. The van der Waals surface area contributed by atoms with Crippen LogP contribution in [0.15, 0.2) is 12.4 Å². The van der Waals surface area contributed by atoms with Gasteiger partial charge in [0.25, 0.3) is 0 Å².